The molecule has 0 spiro atoms. The molecular weight excluding hydrogens is 240 g/mol. The number of methoxy groups -OCH3 is 1. The average molecular weight is 260 g/mol. The molecule has 4 nitrogen and oxygen atoms in total. The van der Waals surface area contributed by atoms with E-state index >= 15 is 0 Å². The molecule has 0 bridgehead atoms. The average Bonchev–Trinajstić information content (AvgIpc) is 2.92. The molecule has 0 saturated heterocycles. The second-order valence-corrected chi connectivity index (χ2v) is 4.67. The SMILES string of the molecule is COc1ccccc1/C=C/NC(=O)NC1CCCC1. The van der Waals surface area contributed by atoms with Gasteiger partial charge in [-0.15, -0.1) is 0 Å². The molecule has 2 amide bonds. The smallest absolute Gasteiger partial charge is 0.318 e. The van der Waals surface area contributed by atoms with Crippen molar-refractivity contribution in [3.05, 3.63) is 36.0 Å². The van der Waals surface area contributed by atoms with Gasteiger partial charge in [0, 0.05) is 17.8 Å². The van der Waals surface area contributed by atoms with Gasteiger partial charge in [-0.3, -0.25) is 0 Å². The van der Waals surface area contributed by atoms with Gasteiger partial charge in [0.25, 0.3) is 0 Å². The molecule has 0 atom stereocenters. The first-order chi connectivity index (χ1) is 9.29. The summed E-state index contributed by atoms with van der Waals surface area (Å²) in [6, 6.07) is 7.86. The van der Waals surface area contributed by atoms with Crippen molar-refractivity contribution in [2.24, 2.45) is 0 Å². The Bertz CT molecular complexity index is 451. The van der Waals surface area contributed by atoms with Crippen molar-refractivity contribution in [1.29, 1.82) is 0 Å². The second kappa shape index (κ2) is 6.83. The van der Waals surface area contributed by atoms with Gasteiger partial charge in [-0.05, 0) is 25.0 Å². The number of para-hydroxylation sites is 1. The molecule has 19 heavy (non-hydrogen) atoms. The van der Waals surface area contributed by atoms with Crippen LogP contribution in [0.2, 0.25) is 0 Å². The first-order valence-electron chi connectivity index (χ1n) is 6.66. The zero-order valence-electron chi connectivity index (χ0n) is 11.2. The summed E-state index contributed by atoms with van der Waals surface area (Å²) < 4.78 is 5.23. The molecule has 0 heterocycles. The van der Waals surface area contributed by atoms with Crippen molar-refractivity contribution >= 4 is 12.1 Å². The fourth-order valence-corrected chi connectivity index (χ4v) is 2.31. The molecule has 0 aliphatic heterocycles. The van der Waals surface area contributed by atoms with Crippen molar-refractivity contribution in [1.82, 2.24) is 10.6 Å². The maximum atomic E-state index is 11.6. The number of hydrogen-bond acceptors (Lipinski definition) is 2. The lowest BCUT2D eigenvalue weighted by Gasteiger charge is -2.11. The summed E-state index contributed by atoms with van der Waals surface area (Å²) in [6.07, 6.45) is 8.06. The van der Waals surface area contributed by atoms with Crippen LogP contribution >= 0.6 is 0 Å². The van der Waals surface area contributed by atoms with Crippen molar-refractivity contribution in [2.75, 3.05) is 7.11 Å². The fourth-order valence-electron chi connectivity index (χ4n) is 2.31. The Morgan fingerprint density at radius 2 is 2.05 bits per heavy atom. The minimum Gasteiger partial charge on any atom is -0.496 e. The van der Waals surface area contributed by atoms with Crippen LogP contribution < -0.4 is 15.4 Å². The zero-order valence-corrected chi connectivity index (χ0v) is 11.2. The van der Waals surface area contributed by atoms with Crippen LogP contribution in [0.3, 0.4) is 0 Å². The Labute approximate surface area is 113 Å². The fraction of sp³-hybridized carbons (Fsp3) is 0.400. The molecule has 0 aromatic heterocycles. The van der Waals surface area contributed by atoms with E-state index in [0.717, 1.165) is 24.2 Å². The summed E-state index contributed by atoms with van der Waals surface area (Å²) >= 11 is 0. The maximum absolute atomic E-state index is 11.6. The van der Waals surface area contributed by atoms with E-state index in [2.05, 4.69) is 10.6 Å². The van der Waals surface area contributed by atoms with Gasteiger partial charge in [-0.25, -0.2) is 4.79 Å². The number of ether oxygens (including phenoxy) is 1. The van der Waals surface area contributed by atoms with Crippen molar-refractivity contribution in [3.8, 4) is 5.75 Å². The molecule has 1 saturated carbocycles. The largest absolute Gasteiger partial charge is 0.496 e. The summed E-state index contributed by atoms with van der Waals surface area (Å²) in [7, 11) is 1.63. The van der Waals surface area contributed by atoms with Gasteiger partial charge in [0.1, 0.15) is 5.75 Å². The number of carbonyl (C=O) groups excluding carboxylic acids is 1. The Morgan fingerprint density at radius 3 is 2.79 bits per heavy atom. The predicted molar refractivity (Wildman–Crippen MR) is 76.0 cm³/mol. The molecule has 0 unspecified atom stereocenters. The van der Waals surface area contributed by atoms with Gasteiger partial charge in [0.2, 0.25) is 0 Å². The number of carbonyl (C=O) groups is 1. The van der Waals surface area contributed by atoms with Crippen LogP contribution in [0.1, 0.15) is 31.2 Å². The summed E-state index contributed by atoms with van der Waals surface area (Å²) in [5.41, 5.74) is 0.936. The highest BCUT2D eigenvalue weighted by atomic mass is 16.5. The van der Waals surface area contributed by atoms with Gasteiger partial charge in [-0.1, -0.05) is 31.0 Å². The molecule has 102 valence electrons. The van der Waals surface area contributed by atoms with Gasteiger partial charge in [0.05, 0.1) is 7.11 Å². The Balaban J connectivity index is 1.83. The van der Waals surface area contributed by atoms with Gasteiger partial charge >= 0.3 is 6.03 Å². The van der Waals surface area contributed by atoms with E-state index < -0.39 is 0 Å². The van der Waals surface area contributed by atoms with Crippen LogP contribution in [0.4, 0.5) is 4.79 Å². The highest BCUT2D eigenvalue weighted by Crippen LogP contribution is 2.18. The van der Waals surface area contributed by atoms with E-state index in [1.54, 1.807) is 13.3 Å². The molecule has 1 aliphatic rings. The van der Waals surface area contributed by atoms with Crippen LogP contribution in [0.25, 0.3) is 6.08 Å². The Hall–Kier alpha value is -1.97. The first-order valence-corrected chi connectivity index (χ1v) is 6.66. The van der Waals surface area contributed by atoms with E-state index in [0.29, 0.717) is 6.04 Å². The van der Waals surface area contributed by atoms with Gasteiger partial charge in [-0.2, -0.15) is 0 Å². The Kier molecular flexibility index (Phi) is 4.84. The molecule has 1 aliphatic carbocycles. The quantitative estimate of drug-likeness (QED) is 0.874. The topological polar surface area (TPSA) is 50.4 Å². The second-order valence-electron chi connectivity index (χ2n) is 4.67. The molecule has 2 N–H and O–H groups in total. The van der Waals surface area contributed by atoms with Crippen LogP contribution in [0.15, 0.2) is 30.5 Å². The van der Waals surface area contributed by atoms with Gasteiger partial charge < -0.3 is 15.4 Å². The number of benzene rings is 1. The molecule has 2 rings (SSSR count). The normalized spacial score (nSPS) is 15.6. The summed E-state index contributed by atoms with van der Waals surface area (Å²) in [5, 5.41) is 5.68. The minimum atomic E-state index is -0.141. The van der Waals surface area contributed by atoms with Crippen molar-refractivity contribution in [3.63, 3.8) is 0 Å². The van der Waals surface area contributed by atoms with Crippen molar-refractivity contribution in [2.45, 2.75) is 31.7 Å². The Morgan fingerprint density at radius 1 is 1.32 bits per heavy atom. The van der Waals surface area contributed by atoms with E-state index in [4.69, 9.17) is 4.74 Å². The molecule has 4 heteroatoms. The number of amides is 2. The molecule has 1 aromatic carbocycles. The standard InChI is InChI=1S/C15H20N2O2/c1-19-14-9-5-2-6-12(14)10-11-16-15(18)17-13-7-3-4-8-13/h2,5-6,9-11,13H,3-4,7-8H2,1H3,(H2,16,17,18)/b11-10+. The predicted octanol–water partition coefficient (Wildman–Crippen LogP) is 2.91. The highest BCUT2D eigenvalue weighted by Gasteiger charge is 2.16. The minimum absolute atomic E-state index is 0.141. The van der Waals surface area contributed by atoms with E-state index in [-0.39, 0.29) is 6.03 Å². The van der Waals surface area contributed by atoms with Crippen LogP contribution in [0.5, 0.6) is 5.75 Å². The van der Waals surface area contributed by atoms with Crippen LogP contribution in [0, 0.1) is 0 Å². The van der Waals surface area contributed by atoms with E-state index in [9.17, 15) is 4.79 Å². The number of rotatable bonds is 4. The van der Waals surface area contributed by atoms with E-state index in [1.807, 2.05) is 30.3 Å². The summed E-state index contributed by atoms with van der Waals surface area (Å²) in [5.74, 6) is 0.789. The lowest BCUT2D eigenvalue weighted by Crippen LogP contribution is -2.38. The van der Waals surface area contributed by atoms with Crippen LogP contribution in [-0.4, -0.2) is 19.2 Å². The third-order valence-electron chi connectivity index (χ3n) is 3.31. The molecular formula is C15H20N2O2. The van der Waals surface area contributed by atoms with Crippen LogP contribution in [-0.2, 0) is 0 Å². The number of nitrogens with one attached hydrogen (secondary N) is 2. The molecule has 1 aromatic rings. The zero-order chi connectivity index (χ0) is 13.5. The van der Waals surface area contributed by atoms with Gasteiger partial charge in [0.15, 0.2) is 0 Å². The molecule has 1 fully saturated rings. The lowest BCUT2D eigenvalue weighted by molar-refractivity contribution is 0.240. The highest BCUT2D eigenvalue weighted by molar-refractivity contribution is 5.76. The lowest BCUT2D eigenvalue weighted by atomic mass is 10.2. The summed E-state index contributed by atoms with van der Waals surface area (Å²) in [4.78, 5) is 11.6. The number of urea groups is 1. The molecule has 0 radical (unpaired) electrons. The van der Waals surface area contributed by atoms with Crippen molar-refractivity contribution < 1.29 is 9.53 Å². The third kappa shape index (κ3) is 4.02. The monoisotopic (exact) mass is 260 g/mol. The summed E-state index contributed by atoms with van der Waals surface area (Å²) in [6.45, 7) is 0. The first kappa shape index (κ1) is 13.5. The number of hydrogen-bond donors (Lipinski definition) is 2. The van der Waals surface area contributed by atoms with E-state index in [1.165, 1.54) is 12.8 Å². The third-order valence-corrected chi connectivity index (χ3v) is 3.31. The maximum Gasteiger partial charge on any atom is 0.318 e.